The first kappa shape index (κ1) is 19.2. The normalized spacial score (nSPS) is 11.3. The maximum Gasteiger partial charge on any atom is 0.311 e. The van der Waals surface area contributed by atoms with E-state index in [1.807, 2.05) is 30.3 Å². The molecule has 0 aromatic heterocycles. The number of carbonyl (C=O) groups is 3. The quantitative estimate of drug-likeness (QED) is 0.810. The maximum absolute atomic E-state index is 12.4. The molecule has 0 heterocycles. The number of likely N-dealkylation sites (N-methyl/N-ethyl adjacent to an activating group) is 1. The minimum absolute atomic E-state index is 0.0486. The van der Waals surface area contributed by atoms with Crippen molar-refractivity contribution < 1.29 is 19.1 Å². The number of benzene rings is 2. The van der Waals surface area contributed by atoms with Crippen molar-refractivity contribution in [2.45, 2.75) is 26.4 Å². The van der Waals surface area contributed by atoms with E-state index in [1.54, 1.807) is 38.2 Å². The highest BCUT2D eigenvalue weighted by Gasteiger charge is 2.22. The number of hydrogen-bond donors (Lipinski definition) is 1. The molecule has 0 saturated heterocycles. The zero-order valence-electron chi connectivity index (χ0n) is 15.1. The van der Waals surface area contributed by atoms with Crippen molar-refractivity contribution in [2.75, 3.05) is 17.3 Å². The van der Waals surface area contributed by atoms with E-state index in [2.05, 4.69) is 5.32 Å². The Morgan fingerprint density at radius 1 is 1.04 bits per heavy atom. The van der Waals surface area contributed by atoms with Crippen molar-refractivity contribution in [3.63, 3.8) is 0 Å². The van der Waals surface area contributed by atoms with Crippen LogP contribution in [-0.4, -0.2) is 30.9 Å². The van der Waals surface area contributed by atoms with Crippen molar-refractivity contribution >= 4 is 29.2 Å². The highest BCUT2D eigenvalue weighted by Crippen LogP contribution is 2.14. The van der Waals surface area contributed by atoms with E-state index in [4.69, 9.17) is 4.74 Å². The molecule has 26 heavy (non-hydrogen) atoms. The summed E-state index contributed by atoms with van der Waals surface area (Å²) in [6, 6.07) is 16.0. The van der Waals surface area contributed by atoms with E-state index < -0.39 is 12.1 Å². The summed E-state index contributed by atoms with van der Waals surface area (Å²) < 4.78 is 5.25. The van der Waals surface area contributed by atoms with Gasteiger partial charge in [-0.25, -0.2) is 0 Å². The third-order valence-corrected chi connectivity index (χ3v) is 3.75. The molecule has 2 rings (SSSR count). The van der Waals surface area contributed by atoms with E-state index >= 15 is 0 Å². The van der Waals surface area contributed by atoms with Gasteiger partial charge in [0.15, 0.2) is 6.10 Å². The number of para-hydroxylation sites is 1. The highest BCUT2D eigenvalue weighted by atomic mass is 16.5. The lowest BCUT2D eigenvalue weighted by molar-refractivity contribution is -0.153. The predicted octanol–water partition coefficient (Wildman–Crippen LogP) is 2.78. The molecule has 0 aliphatic heterocycles. The Kier molecular flexibility index (Phi) is 6.49. The number of nitrogens with one attached hydrogen (secondary N) is 1. The van der Waals surface area contributed by atoms with Crippen LogP contribution in [0.2, 0.25) is 0 Å². The third-order valence-electron chi connectivity index (χ3n) is 3.75. The van der Waals surface area contributed by atoms with Gasteiger partial charge in [0.05, 0.1) is 6.42 Å². The molecule has 6 heteroatoms. The number of amides is 2. The summed E-state index contributed by atoms with van der Waals surface area (Å²) in [4.78, 5) is 36.9. The van der Waals surface area contributed by atoms with Crippen molar-refractivity contribution in [3.8, 4) is 0 Å². The van der Waals surface area contributed by atoms with Crippen LogP contribution in [0.4, 0.5) is 11.4 Å². The number of esters is 1. The first-order valence-electron chi connectivity index (χ1n) is 8.25. The lowest BCUT2D eigenvalue weighted by Crippen LogP contribution is -2.37. The summed E-state index contributed by atoms with van der Waals surface area (Å²) in [5.41, 5.74) is 2.12. The van der Waals surface area contributed by atoms with Crippen molar-refractivity contribution in [3.05, 3.63) is 60.2 Å². The van der Waals surface area contributed by atoms with Gasteiger partial charge in [0.2, 0.25) is 5.91 Å². The number of anilines is 2. The monoisotopic (exact) mass is 354 g/mol. The van der Waals surface area contributed by atoms with Gasteiger partial charge in [-0.2, -0.15) is 0 Å². The second kappa shape index (κ2) is 8.80. The van der Waals surface area contributed by atoms with Gasteiger partial charge in [-0.15, -0.1) is 0 Å². The molecule has 0 fully saturated rings. The molecule has 2 amide bonds. The molecule has 0 saturated carbocycles. The first-order chi connectivity index (χ1) is 12.4. The third kappa shape index (κ3) is 5.44. The molecule has 136 valence electrons. The molecular formula is C20H22N2O4. The van der Waals surface area contributed by atoms with Crippen LogP contribution in [-0.2, 0) is 25.5 Å². The van der Waals surface area contributed by atoms with Crippen molar-refractivity contribution in [1.82, 2.24) is 0 Å². The van der Waals surface area contributed by atoms with Gasteiger partial charge in [-0.3, -0.25) is 14.4 Å². The number of hydrogen-bond acceptors (Lipinski definition) is 4. The van der Waals surface area contributed by atoms with Gasteiger partial charge in [0, 0.05) is 25.3 Å². The van der Waals surface area contributed by atoms with E-state index in [0.29, 0.717) is 5.69 Å². The van der Waals surface area contributed by atoms with Crippen LogP contribution in [0.25, 0.3) is 0 Å². The minimum atomic E-state index is -0.883. The number of nitrogens with zero attached hydrogens (tertiary/aromatic N) is 1. The van der Waals surface area contributed by atoms with Crippen LogP contribution in [0, 0.1) is 0 Å². The Labute approximate surface area is 152 Å². The average Bonchev–Trinajstić information content (AvgIpc) is 2.62. The SMILES string of the molecule is CC(=O)Nc1ccc(CC(=O)O[C@@H](C)C(=O)N(C)c2ccccc2)cc1. The molecule has 0 aliphatic rings. The van der Waals surface area contributed by atoms with Crippen LogP contribution in [0.3, 0.4) is 0 Å². The summed E-state index contributed by atoms with van der Waals surface area (Å²) in [5.74, 6) is -0.947. The van der Waals surface area contributed by atoms with E-state index in [-0.39, 0.29) is 18.2 Å². The molecule has 0 unspecified atom stereocenters. The summed E-state index contributed by atoms with van der Waals surface area (Å²) in [6.45, 7) is 2.98. The predicted molar refractivity (Wildman–Crippen MR) is 99.9 cm³/mol. The zero-order valence-corrected chi connectivity index (χ0v) is 15.1. The zero-order chi connectivity index (χ0) is 19.1. The lowest BCUT2D eigenvalue weighted by Gasteiger charge is -2.21. The summed E-state index contributed by atoms with van der Waals surface area (Å²) in [5, 5.41) is 2.66. The lowest BCUT2D eigenvalue weighted by atomic mass is 10.1. The fraction of sp³-hybridized carbons (Fsp3) is 0.250. The van der Waals surface area contributed by atoms with Crippen LogP contribution in [0.1, 0.15) is 19.4 Å². The van der Waals surface area contributed by atoms with Gasteiger partial charge in [0.25, 0.3) is 5.91 Å². The second-order valence-corrected chi connectivity index (χ2v) is 5.92. The fourth-order valence-corrected chi connectivity index (χ4v) is 2.42. The van der Waals surface area contributed by atoms with E-state index in [9.17, 15) is 14.4 Å². The Balaban J connectivity index is 1.90. The molecule has 1 N–H and O–H groups in total. The molecular weight excluding hydrogens is 332 g/mol. The largest absolute Gasteiger partial charge is 0.452 e. The Morgan fingerprint density at radius 3 is 2.23 bits per heavy atom. The number of rotatable bonds is 6. The summed E-state index contributed by atoms with van der Waals surface area (Å²) >= 11 is 0. The Hall–Kier alpha value is -3.15. The molecule has 0 bridgehead atoms. The Bertz CT molecular complexity index is 772. The highest BCUT2D eigenvalue weighted by molar-refractivity contribution is 5.97. The van der Waals surface area contributed by atoms with Crippen LogP contribution in [0.5, 0.6) is 0 Å². The topological polar surface area (TPSA) is 75.7 Å². The molecule has 1 atom stereocenters. The van der Waals surface area contributed by atoms with Crippen LogP contribution in [0.15, 0.2) is 54.6 Å². The van der Waals surface area contributed by atoms with E-state index in [0.717, 1.165) is 11.3 Å². The molecule has 0 radical (unpaired) electrons. The van der Waals surface area contributed by atoms with Crippen LogP contribution >= 0.6 is 0 Å². The molecule has 0 spiro atoms. The van der Waals surface area contributed by atoms with Gasteiger partial charge in [-0.1, -0.05) is 30.3 Å². The van der Waals surface area contributed by atoms with Crippen LogP contribution < -0.4 is 10.2 Å². The van der Waals surface area contributed by atoms with Gasteiger partial charge < -0.3 is 15.0 Å². The number of carbonyl (C=O) groups excluding carboxylic acids is 3. The smallest absolute Gasteiger partial charge is 0.311 e. The summed E-state index contributed by atoms with van der Waals surface area (Å²) in [6.07, 6.45) is -0.834. The molecule has 6 nitrogen and oxygen atoms in total. The van der Waals surface area contributed by atoms with Gasteiger partial charge in [0.1, 0.15) is 0 Å². The molecule has 2 aromatic rings. The first-order valence-corrected chi connectivity index (χ1v) is 8.25. The molecule has 2 aromatic carbocycles. The minimum Gasteiger partial charge on any atom is -0.452 e. The standard InChI is InChI=1S/C20H22N2O4/c1-14(20(25)22(3)18-7-5-4-6-8-18)26-19(24)13-16-9-11-17(12-10-16)21-15(2)23/h4-12,14H,13H2,1-3H3,(H,21,23)/t14-/m0/s1. The summed E-state index contributed by atoms with van der Waals surface area (Å²) in [7, 11) is 1.64. The maximum atomic E-state index is 12.4. The van der Waals surface area contributed by atoms with Gasteiger partial charge in [-0.05, 0) is 36.8 Å². The number of ether oxygens (including phenoxy) is 1. The fourth-order valence-electron chi connectivity index (χ4n) is 2.42. The molecule has 0 aliphatic carbocycles. The van der Waals surface area contributed by atoms with Gasteiger partial charge >= 0.3 is 5.97 Å². The second-order valence-electron chi connectivity index (χ2n) is 5.92. The average molecular weight is 354 g/mol. The van der Waals surface area contributed by atoms with Crippen molar-refractivity contribution in [2.24, 2.45) is 0 Å². The Morgan fingerprint density at radius 2 is 1.65 bits per heavy atom. The van der Waals surface area contributed by atoms with Crippen molar-refractivity contribution in [1.29, 1.82) is 0 Å². The van der Waals surface area contributed by atoms with E-state index in [1.165, 1.54) is 11.8 Å².